The Balaban J connectivity index is 2.07. The fourth-order valence-electron chi connectivity index (χ4n) is 2.67. The first-order valence-corrected chi connectivity index (χ1v) is 7.08. The van der Waals surface area contributed by atoms with Gasteiger partial charge in [0.1, 0.15) is 0 Å². The van der Waals surface area contributed by atoms with Crippen molar-refractivity contribution >= 4 is 5.69 Å². The van der Waals surface area contributed by atoms with Gasteiger partial charge >= 0.3 is 0 Å². The van der Waals surface area contributed by atoms with Crippen LogP contribution in [0.2, 0.25) is 0 Å². The number of anilines is 1. The average Bonchev–Trinajstić information content (AvgIpc) is 2.50. The molecule has 1 fully saturated rings. The second-order valence-corrected chi connectivity index (χ2v) is 6.39. The molecule has 0 unspecified atom stereocenters. The molecule has 2 nitrogen and oxygen atoms in total. The van der Waals surface area contributed by atoms with Crippen LogP contribution in [0.4, 0.5) is 5.69 Å². The van der Waals surface area contributed by atoms with Gasteiger partial charge in [-0.25, -0.2) is 0 Å². The van der Waals surface area contributed by atoms with Crippen molar-refractivity contribution < 1.29 is 0 Å². The molecule has 2 rings (SSSR count). The smallest absolute Gasteiger partial charge is 0.0366 e. The highest BCUT2D eigenvalue weighted by molar-refractivity contribution is 5.48. The minimum Gasteiger partial charge on any atom is -0.372 e. The molecule has 1 atom stereocenters. The zero-order chi connectivity index (χ0) is 13.2. The molecule has 1 heterocycles. The van der Waals surface area contributed by atoms with E-state index in [9.17, 15) is 0 Å². The molecule has 0 radical (unpaired) electrons. The predicted octanol–water partition coefficient (Wildman–Crippen LogP) is 3.72. The molecule has 0 amide bonds. The van der Waals surface area contributed by atoms with Gasteiger partial charge in [-0.1, -0.05) is 26.0 Å². The van der Waals surface area contributed by atoms with Gasteiger partial charge < -0.3 is 10.6 Å². The lowest BCUT2D eigenvalue weighted by molar-refractivity contribution is 0.325. The maximum atomic E-state index is 5.89. The van der Waals surface area contributed by atoms with Crippen molar-refractivity contribution in [2.24, 2.45) is 11.1 Å². The first kappa shape index (κ1) is 13.4. The Hall–Kier alpha value is -1.02. The van der Waals surface area contributed by atoms with Crippen molar-refractivity contribution in [2.45, 2.75) is 46.1 Å². The summed E-state index contributed by atoms with van der Waals surface area (Å²) in [7, 11) is 0. The van der Waals surface area contributed by atoms with Crippen molar-refractivity contribution in [1.29, 1.82) is 0 Å². The summed E-state index contributed by atoms with van der Waals surface area (Å²) in [5, 5.41) is 0. The first-order chi connectivity index (χ1) is 8.48. The number of benzene rings is 1. The van der Waals surface area contributed by atoms with Crippen molar-refractivity contribution in [3.8, 4) is 0 Å². The maximum Gasteiger partial charge on any atom is 0.0366 e. The summed E-state index contributed by atoms with van der Waals surface area (Å²) < 4.78 is 0. The second kappa shape index (κ2) is 5.31. The van der Waals surface area contributed by atoms with E-state index in [-0.39, 0.29) is 6.04 Å². The van der Waals surface area contributed by atoms with E-state index in [1.807, 2.05) is 6.92 Å². The van der Waals surface area contributed by atoms with E-state index in [4.69, 9.17) is 5.73 Å². The highest BCUT2D eigenvalue weighted by atomic mass is 15.1. The lowest BCUT2D eigenvalue weighted by Gasteiger charge is -2.25. The summed E-state index contributed by atoms with van der Waals surface area (Å²) in [5.74, 6) is 0. The van der Waals surface area contributed by atoms with E-state index < -0.39 is 0 Å². The number of rotatable bonds is 2. The highest BCUT2D eigenvalue weighted by Crippen LogP contribution is 2.31. The zero-order valence-corrected chi connectivity index (χ0v) is 11.9. The molecule has 1 aromatic rings. The van der Waals surface area contributed by atoms with Crippen LogP contribution in [0.25, 0.3) is 0 Å². The van der Waals surface area contributed by atoms with Gasteiger partial charge in [-0.3, -0.25) is 0 Å². The standard InChI is InChI=1S/C16H26N2/c1-13(17)14-5-7-15(8-6-14)18-11-4-9-16(2,3)10-12-18/h5-8,13H,4,9-12,17H2,1-3H3/t13-/m0/s1. The maximum absolute atomic E-state index is 5.89. The lowest BCUT2D eigenvalue weighted by Crippen LogP contribution is -2.25. The topological polar surface area (TPSA) is 29.3 Å². The molecule has 1 aromatic carbocycles. The Morgan fingerprint density at radius 3 is 2.39 bits per heavy atom. The number of nitrogens with two attached hydrogens (primary N) is 1. The molecule has 1 saturated heterocycles. The Labute approximate surface area is 111 Å². The fourth-order valence-corrected chi connectivity index (χ4v) is 2.67. The van der Waals surface area contributed by atoms with Crippen LogP contribution >= 0.6 is 0 Å². The number of hydrogen-bond acceptors (Lipinski definition) is 2. The van der Waals surface area contributed by atoms with Gasteiger partial charge in [0.2, 0.25) is 0 Å². The van der Waals surface area contributed by atoms with Gasteiger partial charge in [0.25, 0.3) is 0 Å². The largest absolute Gasteiger partial charge is 0.372 e. The molecule has 0 spiro atoms. The van der Waals surface area contributed by atoms with Gasteiger partial charge in [0.15, 0.2) is 0 Å². The summed E-state index contributed by atoms with van der Waals surface area (Å²) in [6.07, 6.45) is 3.91. The minimum atomic E-state index is 0.127. The molecular weight excluding hydrogens is 220 g/mol. The van der Waals surface area contributed by atoms with Crippen LogP contribution in [0.3, 0.4) is 0 Å². The Kier molecular flexibility index (Phi) is 3.96. The second-order valence-electron chi connectivity index (χ2n) is 6.39. The molecule has 2 heteroatoms. The molecule has 100 valence electrons. The van der Waals surface area contributed by atoms with Crippen LogP contribution in [-0.4, -0.2) is 13.1 Å². The van der Waals surface area contributed by atoms with Crippen LogP contribution in [-0.2, 0) is 0 Å². The van der Waals surface area contributed by atoms with Gasteiger partial charge in [0, 0.05) is 24.8 Å². The van der Waals surface area contributed by atoms with Crippen molar-refractivity contribution in [3.63, 3.8) is 0 Å². The molecule has 0 bridgehead atoms. The quantitative estimate of drug-likeness (QED) is 0.861. The fraction of sp³-hybridized carbons (Fsp3) is 0.625. The summed E-state index contributed by atoms with van der Waals surface area (Å²) in [4.78, 5) is 2.51. The molecule has 0 aliphatic carbocycles. The van der Waals surface area contributed by atoms with Gasteiger partial charge in [-0.15, -0.1) is 0 Å². The minimum absolute atomic E-state index is 0.127. The molecule has 1 aliphatic rings. The number of nitrogens with zero attached hydrogens (tertiary/aromatic N) is 1. The average molecular weight is 246 g/mol. The Morgan fingerprint density at radius 2 is 1.78 bits per heavy atom. The van der Waals surface area contributed by atoms with Crippen molar-refractivity contribution in [1.82, 2.24) is 0 Å². The first-order valence-electron chi connectivity index (χ1n) is 7.08. The van der Waals surface area contributed by atoms with E-state index in [2.05, 4.69) is 43.0 Å². The third kappa shape index (κ3) is 3.26. The summed E-state index contributed by atoms with van der Waals surface area (Å²) in [6.45, 7) is 9.15. The SMILES string of the molecule is C[C@H](N)c1ccc(N2CCCC(C)(C)CC2)cc1. The monoisotopic (exact) mass is 246 g/mol. The number of hydrogen-bond donors (Lipinski definition) is 1. The molecule has 1 aliphatic heterocycles. The lowest BCUT2D eigenvalue weighted by atomic mass is 9.85. The van der Waals surface area contributed by atoms with E-state index in [1.54, 1.807) is 0 Å². The molecular formula is C16H26N2. The van der Waals surface area contributed by atoms with E-state index >= 15 is 0 Å². The third-order valence-electron chi connectivity index (χ3n) is 4.12. The van der Waals surface area contributed by atoms with Crippen LogP contribution in [0.1, 0.15) is 51.6 Å². The van der Waals surface area contributed by atoms with E-state index in [0.29, 0.717) is 5.41 Å². The summed E-state index contributed by atoms with van der Waals surface area (Å²) in [5.41, 5.74) is 8.95. The van der Waals surface area contributed by atoms with E-state index in [0.717, 1.165) is 0 Å². The molecule has 0 aromatic heterocycles. The molecule has 18 heavy (non-hydrogen) atoms. The van der Waals surface area contributed by atoms with E-state index in [1.165, 1.54) is 43.6 Å². The van der Waals surface area contributed by atoms with Gasteiger partial charge in [0.05, 0.1) is 0 Å². The van der Waals surface area contributed by atoms with Gasteiger partial charge in [-0.05, 0) is 49.3 Å². The van der Waals surface area contributed by atoms with Crippen molar-refractivity contribution in [3.05, 3.63) is 29.8 Å². The Bertz CT molecular complexity index is 379. The van der Waals surface area contributed by atoms with Crippen LogP contribution in [0.15, 0.2) is 24.3 Å². The predicted molar refractivity (Wildman–Crippen MR) is 78.9 cm³/mol. The van der Waals surface area contributed by atoms with Crippen LogP contribution < -0.4 is 10.6 Å². The van der Waals surface area contributed by atoms with Crippen LogP contribution in [0, 0.1) is 5.41 Å². The normalized spacial score (nSPS) is 21.4. The third-order valence-corrected chi connectivity index (χ3v) is 4.12. The van der Waals surface area contributed by atoms with Gasteiger partial charge in [-0.2, -0.15) is 0 Å². The van der Waals surface area contributed by atoms with Crippen molar-refractivity contribution in [2.75, 3.05) is 18.0 Å². The molecule has 2 N–H and O–H groups in total. The highest BCUT2D eigenvalue weighted by Gasteiger charge is 2.23. The summed E-state index contributed by atoms with van der Waals surface area (Å²) >= 11 is 0. The summed E-state index contributed by atoms with van der Waals surface area (Å²) in [6, 6.07) is 8.89. The van der Waals surface area contributed by atoms with Crippen LogP contribution in [0.5, 0.6) is 0 Å². The molecule has 0 saturated carbocycles. The zero-order valence-electron chi connectivity index (χ0n) is 11.9. The Morgan fingerprint density at radius 1 is 1.11 bits per heavy atom.